The van der Waals surface area contributed by atoms with Gasteiger partial charge in [0.1, 0.15) is 11.2 Å². The maximum Gasteiger partial charge on any atom is 0.143 e. The predicted molar refractivity (Wildman–Crippen MR) is 271 cm³/mol. The van der Waals surface area contributed by atoms with E-state index in [-0.39, 0.29) is 0 Å². The lowest BCUT2D eigenvalue weighted by molar-refractivity contribution is 0.670. The monoisotopic (exact) mass is 815 g/mol. The fourth-order valence-corrected chi connectivity index (χ4v) is 9.47. The van der Waals surface area contributed by atoms with E-state index in [9.17, 15) is 0 Å². The smallest absolute Gasteiger partial charge is 0.143 e. The fraction of sp³-hybridized carbons (Fsp3) is 0. The lowest BCUT2D eigenvalue weighted by atomic mass is 9.91. The molecule has 300 valence electrons. The summed E-state index contributed by atoms with van der Waals surface area (Å²) in [5.41, 5.74) is 16.6. The van der Waals surface area contributed by atoms with Gasteiger partial charge in [0.2, 0.25) is 0 Å². The van der Waals surface area contributed by atoms with Crippen LogP contribution in [0.4, 0.5) is 17.1 Å². The van der Waals surface area contributed by atoms with Gasteiger partial charge in [-0.2, -0.15) is 0 Å². The number of nitrogens with zero attached hydrogens (tertiary/aromatic N) is 1. The molecule has 64 heavy (non-hydrogen) atoms. The lowest BCUT2D eigenvalue weighted by Gasteiger charge is -2.28. The normalized spacial score (nSPS) is 11.4. The molecule has 11 aromatic carbocycles. The molecule has 1 heterocycles. The van der Waals surface area contributed by atoms with E-state index >= 15 is 0 Å². The third-order valence-corrected chi connectivity index (χ3v) is 12.6. The molecule has 0 saturated heterocycles. The predicted octanol–water partition coefficient (Wildman–Crippen LogP) is 17.7. The van der Waals surface area contributed by atoms with Gasteiger partial charge in [0.25, 0.3) is 0 Å². The number of para-hydroxylation sites is 2. The summed E-state index contributed by atoms with van der Waals surface area (Å²) < 4.78 is 6.83. The highest BCUT2D eigenvalue weighted by Crippen LogP contribution is 2.46. The van der Waals surface area contributed by atoms with Crippen LogP contribution in [0.15, 0.2) is 253 Å². The molecule has 0 fully saturated rings. The Balaban J connectivity index is 1.01. The van der Waals surface area contributed by atoms with Gasteiger partial charge in [0, 0.05) is 33.3 Å². The highest BCUT2D eigenvalue weighted by Gasteiger charge is 2.21. The van der Waals surface area contributed by atoms with Crippen molar-refractivity contribution < 1.29 is 4.42 Å². The zero-order chi connectivity index (χ0) is 42.4. The van der Waals surface area contributed by atoms with Crippen LogP contribution in [0.25, 0.3) is 99.1 Å². The Kier molecular flexibility index (Phi) is 9.20. The van der Waals surface area contributed by atoms with E-state index in [1.165, 1.54) is 54.9 Å². The van der Waals surface area contributed by atoms with Gasteiger partial charge in [-0.25, -0.2) is 0 Å². The zero-order valence-electron chi connectivity index (χ0n) is 35.0. The zero-order valence-corrected chi connectivity index (χ0v) is 35.0. The third-order valence-electron chi connectivity index (χ3n) is 12.6. The molecule has 0 aliphatic heterocycles. The van der Waals surface area contributed by atoms with Crippen LogP contribution in [0.2, 0.25) is 0 Å². The maximum atomic E-state index is 6.83. The SMILES string of the molecule is c1ccc(-c2ccc(-c3ccc(N(c4cccc(-c5ccc6ccccc6c5)c4)c4ccccc4-c4cccc5c4oc4cc6ccccc6cc45)cc3)cc2-c2ccccc2)cc1. The van der Waals surface area contributed by atoms with Crippen molar-refractivity contribution in [2.75, 3.05) is 4.90 Å². The molecular weight excluding hydrogens is 775 g/mol. The van der Waals surface area contributed by atoms with Crippen LogP contribution >= 0.6 is 0 Å². The van der Waals surface area contributed by atoms with Crippen molar-refractivity contribution >= 4 is 60.5 Å². The second-order valence-electron chi connectivity index (χ2n) is 16.5. The topological polar surface area (TPSA) is 16.4 Å². The molecule has 2 heteroatoms. The molecule has 0 aliphatic rings. The molecule has 0 atom stereocenters. The second kappa shape index (κ2) is 15.8. The Labute approximate surface area is 372 Å². The van der Waals surface area contributed by atoms with Gasteiger partial charge in [0.05, 0.1) is 5.69 Å². The number of hydrogen-bond donors (Lipinski definition) is 0. The summed E-state index contributed by atoms with van der Waals surface area (Å²) in [6, 6.07) is 89.7. The van der Waals surface area contributed by atoms with Gasteiger partial charge < -0.3 is 9.32 Å². The summed E-state index contributed by atoms with van der Waals surface area (Å²) in [5, 5.41) is 7.05. The molecule has 0 unspecified atom stereocenters. The highest BCUT2D eigenvalue weighted by atomic mass is 16.3. The van der Waals surface area contributed by atoms with Crippen molar-refractivity contribution in [3.05, 3.63) is 249 Å². The van der Waals surface area contributed by atoms with Gasteiger partial charge in [0.15, 0.2) is 0 Å². The first-order valence-electron chi connectivity index (χ1n) is 21.9. The van der Waals surface area contributed by atoms with E-state index in [0.29, 0.717) is 0 Å². The molecule has 12 rings (SSSR count). The van der Waals surface area contributed by atoms with Gasteiger partial charge in [-0.05, 0) is 121 Å². The van der Waals surface area contributed by atoms with Crippen molar-refractivity contribution in [2.24, 2.45) is 0 Å². The van der Waals surface area contributed by atoms with Crippen LogP contribution < -0.4 is 4.90 Å². The van der Waals surface area contributed by atoms with Gasteiger partial charge in [-0.15, -0.1) is 0 Å². The first-order valence-corrected chi connectivity index (χ1v) is 21.9. The van der Waals surface area contributed by atoms with E-state index in [0.717, 1.165) is 61.3 Å². The highest BCUT2D eigenvalue weighted by molar-refractivity contribution is 6.14. The van der Waals surface area contributed by atoms with Gasteiger partial charge in [-0.1, -0.05) is 194 Å². The number of anilines is 3. The first kappa shape index (κ1) is 37.3. The molecule has 2 nitrogen and oxygen atoms in total. The average molecular weight is 816 g/mol. The molecule has 0 bridgehead atoms. The summed E-state index contributed by atoms with van der Waals surface area (Å²) in [6.45, 7) is 0. The number of furan rings is 1. The van der Waals surface area contributed by atoms with Crippen molar-refractivity contribution in [2.45, 2.75) is 0 Å². The Morgan fingerprint density at radius 2 is 0.828 bits per heavy atom. The van der Waals surface area contributed by atoms with Crippen LogP contribution in [0.3, 0.4) is 0 Å². The molecule has 0 saturated carbocycles. The molecular formula is C62H41NO. The van der Waals surface area contributed by atoms with E-state index in [2.05, 4.69) is 254 Å². The van der Waals surface area contributed by atoms with Crippen LogP contribution in [-0.4, -0.2) is 0 Å². The van der Waals surface area contributed by atoms with Crippen LogP contribution in [0, 0.1) is 0 Å². The largest absolute Gasteiger partial charge is 0.455 e. The molecule has 0 amide bonds. The number of fused-ring (bicyclic) bond motifs is 5. The minimum atomic E-state index is 0.883. The third kappa shape index (κ3) is 6.70. The minimum absolute atomic E-state index is 0.883. The number of hydrogen-bond acceptors (Lipinski definition) is 2. The summed E-state index contributed by atoms with van der Waals surface area (Å²) in [6.07, 6.45) is 0. The Morgan fingerprint density at radius 1 is 0.266 bits per heavy atom. The Morgan fingerprint density at radius 3 is 1.61 bits per heavy atom. The summed E-state index contributed by atoms with van der Waals surface area (Å²) in [7, 11) is 0. The lowest BCUT2D eigenvalue weighted by Crippen LogP contribution is -2.11. The average Bonchev–Trinajstić information content (AvgIpc) is 3.74. The Bertz CT molecular complexity index is 3660. The molecule has 0 N–H and O–H groups in total. The first-order chi connectivity index (χ1) is 31.7. The number of rotatable bonds is 8. The van der Waals surface area contributed by atoms with Crippen LogP contribution in [0.1, 0.15) is 0 Å². The summed E-state index contributed by atoms with van der Waals surface area (Å²) in [4.78, 5) is 2.40. The minimum Gasteiger partial charge on any atom is -0.455 e. The quantitative estimate of drug-likeness (QED) is 0.152. The summed E-state index contributed by atoms with van der Waals surface area (Å²) in [5.74, 6) is 0. The summed E-state index contributed by atoms with van der Waals surface area (Å²) >= 11 is 0. The van der Waals surface area contributed by atoms with Crippen molar-refractivity contribution in [1.82, 2.24) is 0 Å². The molecule has 12 aromatic rings. The standard InChI is InChI=1S/C62H41NO/c1-3-16-44(17-4-1)54-36-33-51(39-58(54)45-18-5-2-6-19-45)43-31-34-52(35-32-43)63(53-24-13-23-47(38-53)50-30-29-42-15-7-8-20-46(42)37-50)60-28-12-11-25-55(60)56-26-14-27-57-59-40-48-21-9-10-22-49(48)41-61(59)64-62(56)57/h1-41H. The van der Waals surface area contributed by atoms with E-state index in [4.69, 9.17) is 4.42 Å². The number of benzene rings is 11. The van der Waals surface area contributed by atoms with E-state index < -0.39 is 0 Å². The molecule has 1 aromatic heterocycles. The maximum absolute atomic E-state index is 6.83. The van der Waals surface area contributed by atoms with Crippen LogP contribution in [0.5, 0.6) is 0 Å². The van der Waals surface area contributed by atoms with E-state index in [1.807, 2.05) is 0 Å². The van der Waals surface area contributed by atoms with Crippen molar-refractivity contribution in [3.8, 4) is 55.6 Å². The Hall–Kier alpha value is -8.46. The van der Waals surface area contributed by atoms with Gasteiger partial charge >= 0.3 is 0 Å². The molecule has 0 spiro atoms. The second-order valence-corrected chi connectivity index (χ2v) is 16.5. The van der Waals surface area contributed by atoms with Crippen LogP contribution in [-0.2, 0) is 0 Å². The molecule has 0 aliphatic carbocycles. The fourth-order valence-electron chi connectivity index (χ4n) is 9.47. The molecule has 0 radical (unpaired) electrons. The van der Waals surface area contributed by atoms with Crippen molar-refractivity contribution in [3.63, 3.8) is 0 Å². The van der Waals surface area contributed by atoms with E-state index in [1.54, 1.807) is 0 Å². The van der Waals surface area contributed by atoms with Gasteiger partial charge in [-0.3, -0.25) is 0 Å². The van der Waals surface area contributed by atoms with Crippen molar-refractivity contribution in [1.29, 1.82) is 0 Å².